The van der Waals surface area contributed by atoms with Gasteiger partial charge in [-0.3, -0.25) is 0 Å². The van der Waals surface area contributed by atoms with Gasteiger partial charge in [0.05, 0.1) is 0 Å². The zero-order valence-corrected chi connectivity index (χ0v) is 58.5. The van der Waals surface area contributed by atoms with Gasteiger partial charge in [0, 0.05) is 19.5 Å². The third kappa shape index (κ3) is 22.6. The lowest BCUT2D eigenvalue weighted by molar-refractivity contribution is 0.114. The van der Waals surface area contributed by atoms with Crippen LogP contribution < -0.4 is 0 Å². The van der Waals surface area contributed by atoms with Crippen LogP contribution in [0.1, 0.15) is 231 Å². The van der Waals surface area contributed by atoms with Crippen molar-refractivity contribution >= 4 is 22.7 Å². The molecule has 5 aliphatic carbocycles. The fourth-order valence-corrected chi connectivity index (χ4v) is 16.5. The molecule has 2 heteroatoms. The number of hydrogen-bond donors (Lipinski definition) is 0. The molecular weight excluding hydrogens is 1100 g/mol. The van der Waals surface area contributed by atoms with E-state index in [-0.39, 0.29) is 0 Å². The van der Waals surface area contributed by atoms with Gasteiger partial charge in [-0.2, -0.15) is 0 Å². The lowest BCUT2D eigenvalue weighted by Crippen LogP contribution is -2.29. The molecular formula is C86H114S2. The second-order valence-electron chi connectivity index (χ2n) is 28.5. The van der Waals surface area contributed by atoms with Gasteiger partial charge < -0.3 is 0 Å². The second kappa shape index (κ2) is 35.4. The molecule has 0 saturated heterocycles. The molecule has 5 fully saturated rings. The van der Waals surface area contributed by atoms with Crippen molar-refractivity contribution < 1.29 is 0 Å². The van der Waals surface area contributed by atoms with Gasteiger partial charge in [-0.25, -0.2) is 0 Å². The zero-order valence-electron chi connectivity index (χ0n) is 56.9. The summed E-state index contributed by atoms with van der Waals surface area (Å²) in [5.41, 5.74) is 21.1. The van der Waals surface area contributed by atoms with Gasteiger partial charge in [0.15, 0.2) is 0 Å². The average molecular weight is 1210 g/mol. The molecule has 13 rings (SSSR count). The second-order valence-corrected chi connectivity index (χ2v) is 31.1. The van der Waals surface area contributed by atoms with Crippen LogP contribution in [0.4, 0.5) is 0 Å². The number of benzene rings is 6. The molecule has 2 heterocycles. The van der Waals surface area contributed by atoms with E-state index < -0.39 is 0 Å². The van der Waals surface area contributed by atoms with Crippen LogP contribution in [0.2, 0.25) is 0 Å². The quantitative estimate of drug-likeness (QED) is 0.121. The van der Waals surface area contributed by atoms with Gasteiger partial charge in [0.25, 0.3) is 0 Å². The summed E-state index contributed by atoms with van der Waals surface area (Å²) in [6.07, 6.45) is 35.9. The molecule has 88 heavy (non-hydrogen) atoms. The highest BCUT2D eigenvalue weighted by atomic mass is 32.1. The lowest BCUT2D eigenvalue weighted by atomic mass is 9.62. The fourth-order valence-electron chi connectivity index (χ4n) is 14.8. The van der Waals surface area contributed by atoms with Gasteiger partial charge in [-0.05, 0) is 253 Å². The maximum Gasteiger partial charge on any atom is 0.0345 e. The molecule has 5 saturated carbocycles. The van der Waals surface area contributed by atoms with Crippen molar-refractivity contribution in [3.63, 3.8) is 0 Å². The van der Waals surface area contributed by atoms with Crippen LogP contribution in [0.15, 0.2) is 158 Å². The van der Waals surface area contributed by atoms with Crippen LogP contribution in [0.25, 0.3) is 20.9 Å². The predicted molar refractivity (Wildman–Crippen MR) is 390 cm³/mol. The van der Waals surface area contributed by atoms with Gasteiger partial charge >= 0.3 is 0 Å². The molecule has 6 aromatic carbocycles. The van der Waals surface area contributed by atoms with Crippen molar-refractivity contribution in [2.24, 2.45) is 29.1 Å². The Hall–Kier alpha value is -5.28. The Morgan fingerprint density at radius 1 is 0.364 bits per heavy atom. The molecule has 0 radical (unpaired) electrons. The van der Waals surface area contributed by atoms with Crippen molar-refractivity contribution in [3.8, 4) is 20.9 Å². The largest absolute Gasteiger partial charge is 0.141 e. The zero-order chi connectivity index (χ0) is 62.3. The molecule has 0 unspecified atom stereocenters. The first-order chi connectivity index (χ1) is 42.5. The van der Waals surface area contributed by atoms with Crippen LogP contribution >= 0.6 is 22.7 Å². The Labute approximate surface area is 545 Å². The minimum atomic E-state index is 0.731. The first kappa shape index (κ1) is 68.6. The standard InChI is InChI=1S/C18H26.C15H18S.C15H22.C14H20.C13H18.C11H10S/c1-15-5-7-16(8-6-15)17-9-13-18(14-10-17)11-3-2-4-12-18;1-11(2)10-13-5-7-14(8-6-13)15-9-4-12(3)16-15;1-11-8-15(9-12(2)13(11)3)10-14-6-4-5-7-14;1-11-7-8-14(9-12(11)2)10-13-5-3-4-6-13;1-11-6-8-13(9-7-11)10-12-4-2-3-5-12;1-9-7-8-11(12-9)10-5-3-2-4-6-10/h5-8,17H,2-4,9-14H2,1H3;4-9,11H,10H2,1-3H3;8-9,14H,4-7,10H2,1-3H3;7-9,13H,3-6,10H2,1-2H3;6-9,12H,2-5,10H2,1H3;2-8H,1H3. The molecule has 0 nitrogen and oxygen atoms in total. The van der Waals surface area contributed by atoms with Crippen molar-refractivity contribution in [2.45, 2.75) is 243 Å². The molecule has 0 atom stereocenters. The van der Waals surface area contributed by atoms with Gasteiger partial charge in [-0.15, -0.1) is 22.7 Å². The Kier molecular flexibility index (Phi) is 27.6. The summed E-state index contributed by atoms with van der Waals surface area (Å²) in [6.45, 7) is 24.2. The van der Waals surface area contributed by atoms with E-state index in [4.69, 9.17) is 0 Å². The molecule has 5 aliphatic rings. The highest BCUT2D eigenvalue weighted by molar-refractivity contribution is 7.15. The average Bonchev–Trinajstić information content (AvgIpc) is 3.38. The van der Waals surface area contributed by atoms with E-state index in [1.807, 2.05) is 28.7 Å². The third-order valence-corrected chi connectivity index (χ3v) is 22.7. The maximum atomic E-state index is 2.39. The van der Waals surface area contributed by atoms with E-state index in [0.717, 1.165) is 35.0 Å². The van der Waals surface area contributed by atoms with Crippen molar-refractivity contribution in [2.75, 3.05) is 0 Å². The lowest BCUT2D eigenvalue weighted by Gasteiger charge is -2.43. The molecule has 0 aliphatic heterocycles. The normalized spacial score (nSPS) is 16.7. The van der Waals surface area contributed by atoms with Crippen LogP contribution in [-0.4, -0.2) is 0 Å². The summed E-state index contributed by atoms with van der Waals surface area (Å²) in [6, 6.07) is 58.2. The minimum absolute atomic E-state index is 0.731. The van der Waals surface area contributed by atoms with E-state index in [1.165, 1.54) is 241 Å². The Morgan fingerprint density at radius 3 is 1.26 bits per heavy atom. The summed E-state index contributed by atoms with van der Waals surface area (Å²) >= 11 is 3.70. The monoisotopic (exact) mass is 1210 g/mol. The van der Waals surface area contributed by atoms with Gasteiger partial charge in [0.1, 0.15) is 0 Å². The third-order valence-electron chi connectivity index (χ3n) is 20.6. The fraction of sp³-hybridized carbons (Fsp3) is 0.488. The van der Waals surface area contributed by atoms with E-state index in [0.29, 0.717) is 0 Å². The SMILES string of the molecule is Cc1cc(CC2CCCC2)cc(C)c1C.Cc1ccc(-c2ccc(CC(C)C)cc2)s1.Cc1ccc(-c2ccccc2)s1.Cc1ccc(C2CCC3(CCCCC3)CC2)cc1.Cc1ccc(CC2CCCC2)cc1.Cc1ccc(CC2CCCC2)cc1C. The molecule has 0 bridgehead atoms. The number of aryl methyl sites for hydroxylation is 8. The van der Waals surface area contributed by atoms with Crippen molar-refractivity contribution in [3.05, 3.63) is 234 Å². The van der Waals surface area contributed by atoms with E-state index in [9.17, 15) is 0 Å². The smallest absolute Gasteiger partial charge is 0.0345 e. The number of hydrogen-bond acceptors (Lipinski definition) is 2. The predicted octanol–water partition coefficient (Wildman–Crippen LogP) is 26.4. The number of thiophene rings is 2. The molecule has 470 valence electrons. The highest BCUT2D eigenvalue weighted by Crippen LogP contribution is 2.51. The highest BCUT2D eigenvalue weighted by Gasteiger charge is 2.36. The Bertz CT molecular complexity index is 3200. The first-order valence-corrected chi connectivity index (χ1v) is 36.7. The van der Waals surface area contributed by atoms with Crippen molar-refractivity contribution in [1.29, 1.82) is 0 Å². The summed E-state index contributed by atoms with van der Waals surface area (Å²) < 4.78 is 0. The first-order valence-electron chi connectivity index (χ1n) is 35.1. The Morgan fingerprint density at radius 2 is 0.795 bits per heavy atom. The van der Waals surface area contributed by atoms with Gasteiger partial charge in [0.2, 0.25) is 0 Å². The summed E-state index contributed by atoms with van der Waals surface area (Å²) in [5, 5.41) is 0. The minimum Gasteiger partial charge on any atom is -0.141 e. The van der Waals surface area contributed by atoms with Crippen LogP contribution in [0.5, 0.6) is 0 Å². The molecule has 0 N–H and O–H groups in total. The molecule has 0 amide bonds. The van der Waals surface area contributed by atoms with Crippen molar-refractivity contribution in [1.82, 2.24) is 0 Å². The summed E-state index contributed by atoms with van der Waals surface area (Å²) in [5.74, 6) is 4.49. The van der Waals surface area contributed by atoms with E-state index >= 15 is 0 Å². The van der Waals surface area contributed by atoms with Crippen LogP contribution in [0, 0.1) is 91.4 Å². The van der Waals surface area contributed by atoms with Crippen LogP contribution in [0.3, 0.4) is 0 Å². The van der Waals surface area contributed by atoms with E-state index in [2.05, 4.69) is 228 Å². The molecule has 1 spiro atoms. The Balaban J connectivity index is 0.000000137. The molecule has 8 aromatic rings. The topological polar surface area (TPSA) is 0 Å². The molecule has 2 aromatic heterocycles. The summed E-state index contributed by atoms with van der Waals surface area (Å²) in [4.78, 5) is 5.47. The van der Waals surface area contributed by atoms with Crippen LogP contribution in [-0.2, 0) is 25.7 Å². The van der Waals surface area contributed by atoms with E-state index in [1.54, 1.807) is 16.7 Å². The maximum absolute atomic E-state index is 2.39. The summed E-state index contributed by atoms with van der Waals surface area (Å²) in [7, 11) is 0. The van der Waals surface area contributed by atoms with Gasteiger partial charge in [-0.1, -0.05) is 255 Å². The number of rotatable bonds is 11.